The van der Waals surface area contributed by atoms with Gasteiger partial charge < -0.3 is 16.2 Å². The minimum absolute atomic E-state index is 0.428. The van der Waals surface area contributed by atoms with E-state index < -0.39 is 0 Å². The molecular weight excluding hydrogens is 212 g/mol. The van der Waals surface area contributed by atoms with Gasteiger partial charge in [0.15, 0.2) is 5.16 Å². The molecule has 1 aliphatic heterocycles. The monoisotopic (exact) mass is 226 g/mol. The van der Waals surface area contributed by atoms with Crippen molar-refractivity contribution < 1.29 is 4.74 Å². The van der Waals surface area contributed by atoms with Crippen molar-refractivity contribution in [2.75, 3.05) is 24.7 Å². The van der Waals surface area contributed by atoms with Gasteiger partial charge in [-0.1, -0.05) is 11.8 Å². The summed E-state index contributed by atoms with van der Waals surface area (Å²) in [5.74, 6) is 0.856. The van der Waals surface area contributed by atoms with Gasteiger partial charge in [0, 0.05) is 24.5 Å². The molecule has 6 heteroatoms. The highest BCUT2D eigenvalue weighted by Gasteiger charge is 2.16. The summed E-state index contributed by atoms with van der Waals surface area (Å²) in [4.78, 5) is 8.27. The zero-order chi connectivity index (χ0) is 10.7. The van der Waals surface area contributed by atoms with E-state index in [2.05, 4.69) is 9.97 Å². The second kappa shape index (κ2) is 4.67. The minimum Gasteiger partial charge on any atom is -0.383 e. The lowest BCUT2D eigenvalue weighted by Crippen LogP contribution is -2.17. The van der Waals surface area contributed by atoms with E-state index in [-0.39, 0.29) is 0 Å². The molecule has 0 bridgehead atoms. The predicted octanol–water partition coefficient (Wildman–Crippen LogP) is 0.912. The average molecular weight is 226 g/mol. The van der Waals surface area contributed by atoms with Crippen molar-refractivity contribution in [3.05, 3.63) is 6.07 Å². The molecule has 5 nitrogen and oxygen atoms in total. The number of rotatable bonds is 2. The minimum atomic E-state index is 0.428. The Bertz CT molecular complexity index is 321. The highest BCUT2D eigenvalue weighted by atomic mass is 32.2. The molecule has 0 radical (unpaired) electrons. The van der Waals surface area contributed by atoms with E-state index >= 15 is 0 Å². The summed E-state index contributed by atoms with van der Waals surface area (Å²) < 4.78 is 5.28. The number of nitrogen functional groups attached to an aromatic ring is 2. The summed E-state index contributed by atoms with van der Waals surface area (Å²) in [7, 11) is 0. The molecule has 1 saturated heterocycles. The van der Waals surface area contributed by atoms with Crippen molar-refractivity contribution in [3.8, 4) is 0 Å². The molecule has 2 heterocycles. The second-order valence-electron chi connectivity index (χ2n) is 3.43. The van der Waals surface area contributed by atoms with Gasteiger partial charge in [0.25, 0.3) is 0 Å². The Morgan fingerprint density at radius 3 is 2.40 bits per heavy atom. The van der Waals surface area contributed by atoms with Crippen molar-refractivity contribution >= 4 is 23.4 Å². The van der Waals surface area contributed by atoms with E-state index in [9.17, 15) is 0 Å². The Balaban J connectivity index is 2.02. The van der Waals surface area contributed by atoms with Crippen LogP contribution in [0.3, 0.4) is 0 Å². The van der Waals surface area contributed by atoms with Crippen molar-refractivity contribution in [1.29, 1.82) is 0 Å². The summed E-state index contributed by atoms with van der Waals surface area (Å²) >= 11 is 1.63. The summed E-state index contributed by atoms with van der Waals surface area (Å²) in [5.41, 5.74) is 11.2. The lowest BCUT2D eigenvalue weighted by molar-refractivity contribution is 0.1000. The van der Waals surface area contributed by atoms with Crippen LogP contribution >= 0.6 is 11.8 Å². The number of nitrogens with two attached hydrogens (primary N) is 2. The summed E-state index contributed by atoms with van der Waals surface area (Å²) in [5, 5.41) is 1.18. The third-order valence-corrected chi connectivity index (χ3v) is 3.38. The van der Waals surface area contributed by atoms with E-state index in [0.29, 0.717) is 22.0 Å². The van der Waals surface area contributed by atoms with Crippen molar-refractivity contribution in [2.45, 2.75) is 23.2 Å². The van der Waals surface area contributed by atoms with Crippen LogP contribution in [0.2, 0.25) is 0 Å². The predicted molar refractivity (Wildman–Crippen MR) is 60.6 cm³/mol. The molecular formula is C9H14N4OS. The highest BCUT2D eigenvalue weighted by molar-refractivity contribution is 7.99. The molecule has 2 rings (SSSR count). The van der Waals surface area contributed by atoms with E-state index in [1.807, 2.05) is 0 Å². The first-order valence-corrected chi connectivity index (χ1v) is 5.76. The number of thioether (sulfide) groups is 1. The van der Waals surface area contributed by atoms with Crippen LogP contribution < -0.4 is 11.5 Å². The summed E-state index contributed by atoms with van der Waals surface area (Å²) in [6.07, 6.45) is 2.06. The zero-order valence-electron chi connectivity index (χ0n) is 8.35. The first-order chi connectivity index (χ1) is 7.24. The molecule has 1 fully saturated rings. The molecule has 0 amide bonds. The quantitative estimate of drug-likeness (QED) is 0.729. The van der Waals surface area contributed by atoms with E-state index in [1.54, 1.807) is 17.8 Å². The lowest BCUT2D eigenvalue weighted by atomic mass is 10.2. The molecule has 0 unspecified atom stereocenters. The SMILES string of the molecule is Nc1cc(N)nc(SC2CCOCC2)n1. The molecule has 1 aromatic heterocycles. The van der Waals surface area contributed by atoms with Crippen LogP contribution in [-0.2, 0) is 4.74 Å². The van der Waals surface area contributed by atoms with E-state index in [1.165, 1.54) is 0 Å². The van der Waals surface area contributed by atoms with Gasteiger partial charge in [0.05, 0.1) is 0 Å². The maximum absolute atomic E-state index is 5.60. The van der Waals surface area contributed by atoms with Gasteiger partial charge in [-0.15, -0.1) is 0 Å². The molecule has 4 N–H and O–H groups in total. The number of nitrogens with zero attached hydrogens (tertiary/aromatic N) is 2. The van der Waals surface area contributed by atoms with Gasteiger partial charge in [-0.3, -0.25) is 0 Å². The number of hydrogen-bond acceptors (Lipinski definition) is 6. The molecule has 0 aliphatic carbocycles. The standard InChI is InChI=1S/C9H14N4OS/c10-7-5-8(11)13-9(12-7)15-6-1-3-14-4-2-6/h5-6H,1-4H2,(H4,10,11,12,13). The van der Waals surface area contributed by atoms with E-state index in [0.717, 1.165) is 26.1 Å². The van der Waals surface area contributed by atoms with Crippen molar-refractivity contribution in [3.63, 3.8) is 0 Å². The molecule has 1 aliphatic rings. The normalized spacial score (nSPS) is 17.9. The van der Waals surface area contributed by atoms with Gasteiger partial charge in [-0.2, -0.15) is 0 Å². The van der Waals surface area contributed by atoms with Crippen LogP contribution in [0.1, 0.15) is 12.8 Å². The van der Waals surface area contributed by atoms with E-state index in [4.69, 9.17) is 16.2 Å². The van der Waals surface area contributed by atoms with Crippen molar-refractivity contribution in [2.24, 2.45) is 0 Å². The fourth-order valence-electron chi connectivity index (χ4n) is 1.46. The Kier molecular flexibility index (Phi) is 3.27. The van der Waals surface area contributed by atoms with Gasteiger partial charge >= 0.3 is 0 Å². The molecule has 15 heavy (non-hydrogen) atoms. The van der Waals surface area contributed by atoms with Crippen LogP contribution in [0.25, 0.3) is 0 Å². The van der Waals surface area contributed by atoms with Crippen LogP contribution in [0.5, 0.6) is 0 Å². The van der Waals surface area contributed by atoms with Gasteiger partial charge in [-0.05, 0) is 12.8 Å². The Morgan fingerprint density at radius 2 is 1.80 bits per heavy atom. The molecule has 0 spiro atoms. The van der Waals surface area contributed by atoms with Gasteiger partial charge in [-0.25, -0.2) is 9.97 Å². The topological polar surface area (TPSA) is 87.1 Å². The zero-order valence-corrected chi connectivity index (χ0v) is 9.17. The fourth-order valence-corrected chi connectivity index (χ4v) is 2.50. The summed E-state index contributed by atoms with van der Waals surface area (Å²) in [6.45, 7) is 1.63. The first-order valence-electron chi connectivity index (χ1n) is 4.88. The Labute approximate surface area is 92.6 Å². The second-order valence-corrected chi connectivity index (χ2v) is 4.70. The molecule has 82 valence electrons. The molecule has 0 saturated carbocycles. The number of hydrogen-bond donors (Lipinski definition) is 2. The van der Waals surface area contributed by atoms with Gasteiger partial charge in [0.1, 0.15) is 11.6 Å². The largest absolute Gasteiger partial charge is 0.383 e. The number of anilines is 2. The maximum atomic E-state index is 5.60. The number of ether oxygens (including phenoxy) is 1. The maximum Gasteiger partial charge on any atom is 0.191 e. The molecule has 0 atom stereocenters. The third kappa shape index (κ3) is 2.97. The molecule has 1 aromatic rings. The highest BCUT2D eigenvalue weighted by Crippen LogP contribution is 2.27. The number of aromatic nitrogens is 2. The smallest absolute Gasteiger partial charge is 0.191 e. The fraction of sp³-hybridized carbons (Fsp3) is 0.556. The van der Waals surface area contributed by atoms with Crippen LogP contribution in [0.15, 0.2) is 11.2 Å². The van der Waals surface area contributed by atoms with Gasteiger partial charge in [0.2, 0.25) is 0 Å². The van der Waals surface area contributed by atoms with Crippen LogP contribution in [0.4, 0.5) is 11.6 Å². The van der Waals surface area contributed by atoms with Crippen molar-refractivity contribution in [1.82, 2.24) is 9.97 Å². The average Bonchev–Trinajstić information content (AvgIpc) is 2.17. The molecule has 0 aromatic carbocycles. The summed E-state index contributed by atoms with van der Waals surface area (Å²) in [6, 6.07) is 1.56. The Hall–Kier alpha value is -1.01. The van der Waals surface area contributed by atoms with Crippen LogP contribution in [-0.4, -0.2) is 28.4 Å². The third-order valence-electron chi connectivity index (χ3n) is 2.19. The van der Waals surface area contributed by atoms with Crippen LogP contribution in [0, 0.1) is 0 Å². The Morgan fingerprint density at radius 1 is 1.20 bits per heavy atom. The lowest BCUT2D eigenvalue weighted by Gasteiger charge is -2.20. The first kappa shape index (κ1) is 10.5.